The molecule has 1 N–H and O–H groups in total. The quantitative estimate of drug-likeness (QED) is 0.588. The van der Waals surface area contributed by atoms with Crippen LogP contribution in [0.15, 0.2) is 22.3 Å². The normalized spacial score (nSPS) is 16.0. The predicted molar refractivity (Wildman–Crippen MR) is 97.6 cm³/mol. The van der Waals surface area contributed by atoms with Crippen molar-refractivity contribution in [1.82, 2.24) is 10.2 Å². The van der Waals surface area contributed by atoms with Gasteiger partial charge in [-0.05, 0) is 49.3 Å². The fourth-order valence-corrected chi connectivity index (χ4v) is 2.96. The van der Waals surface area contributed by atoms with Crippen LogP contribution in [0.3, 0.4) is 0 Å². The first kappa shape index (κ1) is 17.7. The second kappa shape index (κ2) is 7.79. The van der Waals surface area contributed by atoms with Crippen LogP contribution >= 0.6 is 28.1 Å². The number of thiocarbonyl (C=S) groups is 1. The molecule has 5 nitrogen and oxygen atoms in total. The van der Waals surface area contributed by atoms with Gasteiger partial charge in [0.05, 0.1) is 13.7 Å². The van der Waals surface area contributed by atoms with E-state index in [0.717, 1.165) is 16.5 Å². The molecule has 1 fully saturated rings. The van der Waals surface area contributed by atoms with Gasteiger partial charge in [-0.15, -0.1) is 0 Å². The number of nitrogens with zero attached hydrogens (tertiary/aromatic N) is 1. The molecule has 7 heteroatoms. The Labute approximate surface area is 149 Å². The van der Waals surface area contributed by atoms with Gasteiger partial charge in [-0.2, -0.15) is 0 Å². The monoisotopic (exact) mass is 398 g/mol. The lowest BCUT2D eigenvalue weighted by molar-refractivity contribution is -0.122. The maximum absolute atomic E-state index is 12.4. The molecule has 1 aromatic carbocycles. The van der Waals surface area contributed by atoms with E-state index in [1.165, 1.54) is 0 Å². The molecule has 1 aromatic rings. The number of ether oxygens (including phenoxy) is 2. The zero-order valence-corrected chi connectivity index (χ0v) is 15.7. The summed E-state index contributed by atoms with van der Waals surface area (Å²) in [5, 5.41) is 3.41. The van der Waals surface area contributed by atoms with E-state index >= 15 is 0 Å². The molecule has 0 saturated carbocycles. The Morgan fingerprint density at radius 1 is 1.35 bits per heavy atom. The molecule has 0 aromatic heterocycles. The maximum Gasteiger partial charge on any atom is 0.276 e. The summed E-state index contributed by atoms with van der Waals surface area (Å²) in [5.41, 5.74) is 1.27. The van der Waals surface area contributed by atoms with Crippen LogP contribution in [0.4, 0.5) is 0 Å². The molecular formula is C16H19BrN2O3S. The van der Waals surface area contributed by atoms with Gasteiger partial charge in [0, 0.05) is 11.0 Å². The molecule has 1 saturated heterocycles. The highest BCUT2D eigenvalue weighted by atomic mass is 79.9. The third-order valence-corrected chi connectivity index (χ3v) is 4.30. The average molecular weight is 399 g/mol. The first-order valence-corrected chi connectivity index (χ1v) is 8.56. The molecule has 23 heavy (non-hydrogen) atoms. The van der Waals surface area contributed by atoms with E-state index in [0.29, 0.717) is 35.5 Å². The SMILES string of the molecule is CCCN1C(=O)/C(=C/c2cc(OCC)c(OC)cc2Br)NC1=S. The minimum atomic E-state index is -0.113. The Morgan fingerprint density at radius 2 is 2.09 bits per heavy atom. The first-order valence-electron chi connectivity index (χ1n) is 7.36. The van der Waals surface area contributed by atoms with Gasteiger partial charge in [-0.3, -0.25) is 9.69 Å². The van der Waals surface area contributed by atoms with E-state index in [1.54, 1.807) is 18.1 Å². The summed E-state index contributed by atoms with van der Waals surface area (Å²) < 4.78 is 11.7. The van der Waals surface area contributed by atoms with Crippen molar-refractivity contribution in [3.05, 3.63) is 27.9 Å². The number of carbonyl (C=O) groups is 1. The van der Waals surface area contributed by atoms with Crippen LogP contribution < -0.4 is 14.8 Å². The highest BCUT2D eigenvalue weighted by Crippen LogP contribution is 2.34. The van der Waals surface area contributed by atoms with Crippen molar-refractivity contribution in [3.63, 3.8) is 0 Å². The molecule has 0 spiro atoms. The standard InChI is InChI=1S/C16H19BrN2O3S/c1-4-6-19-15(20)12(18-16(19)23)7-10-8-14(22-5-2)13(21-3)9-11(10)17/h7-9H,4-6H2,1-3H3,(H,18,23)/b12-7-. The van der Waals surface area contributed by atoms with E-state index in [4.69, 9.17) is 21.7 Å². The minimum Gasteiger partial charge on any atom is -0.493 e. The van der Waals surface area contributed by atoms with Crippen molar-refractivity contribution >= 4 is 45.2 Å². The van der Waals surface area contributed by atoms with Crippen LogP contribution in [-0.2, 0) is 4.79 Å². The molecule has 0 unspecified atom stereocenters. The lowest BCUT2D eigenvalue weighted by Crippen LogP contribution is -2.31. The number of hydrogen-bond donors (Lipinski definition) is 1. The average Bonchev–Trinajstić information content (AvgIpc) is 2.78. The van der Waals surface area contributed by atoms with Crippen LogP contribution in [0.5, 0.6) is 11.5 Å². The van der Waals surface area contributed by atoms with Crippen molar-refractivity contribution in [3.8, 4) is 11.5 Å². The molecule has 1 aliphatic heterocycles. The molecule has 124 valence electrons. The van der Waals surface area contributed by atoms with Crippen molar-refractivity contribution < 1.29 is 14.3 Å². The summed E-state index contributed by atoms with van der Waals surface area (Å²) in [4.78, 5) is 14.0. The molecule has 0 radical (unpaired) electrons. The van der Waals surface area contributed by atoms with Crippen molar-refractivity contribution in [2.24, 2.45) is 0 Å². The van der Waals surface area contributed by atoms with Gasteiger partial charge < -0.3 is 14.8 Å². The highest BCUT2D eigenvalue weighted by Gasteiger charge is 2.29. The summed E-state index contributed by atoms with van der Waals surface area (Å²) in [6.07, 6.45) is 2.61. The Bertz CT molecular complexity index is 661. The molecule has 0 atom stereocenters. The largest absolute Gasteiger partial charge is 0.493 e. The third-order valence-electron chi connectivity index (χ3n) is 3.29. The molecular weight excluding hydrogens is 380 g/mol. The Kier molecular flexibility index (Phi) is 6.01. The van der Waals surface area contributed by atoms with Crippen LogP contribution in [0.25, 0.3) is 6.08 Å². The van der Waals surface area contributed by atoms with Gasteiger partial charge in [-0.25, -0.2) is 0 Å². The number of rotatable bonds is 6. The van der Waals surface area contributed by atoms with Gasteiger partial charge in [0.2, 0.25) is 0 Å². The summed E-state index contributed by atoms with van der Waals surface area (Å²) in [6.45, 7) is 5.05. The Hall–Kier alpha value is -1.60. The molecule has 0 aliphatic carbocycles. The Morgan fingerprint density at radius 3 is 2.70 bits per heavy atom. The second-order valence-electron chi connectivity index (χ2n) is 4.90. The number of benzene rings is 1. The van der Waals surface area contributed by atoms with Crippen LogP contribution in [0.1, 0.15) is 25.8 Å². The number of methoxy groups -OCH3 is 1. The van der Waals surface area contributed by atoms with E-state index in [-0.39, 0.29) is 5.91 Å². The van der Waals surface area contributed by atoms with Crippen molar-refractivity contribution in [1.29, 1.82) is 0 Å². The third kappa shape index (κ3) is 3.84. The molecule has 2 rings (SSSR count). The van der Waals surface area contributed by atoms with Crippen LogP contribution in [-0.4, -0.2) is 36.2 Å². The molecule has 0 bridgehead atoms. The fourth-order valence-electron chi connectivity index (χ4n) is 2.24. The number of hydrogen-bond acceptors (Lipinski definition) is 4. The zero-order chi connectivity index (χ0) is 17.0. The smallest absolute Gasteiger partial charge is 0.276 e. The maximum atomic E-state index is 12.4. The zero-order valence-electron chi connectivity index (χ0n) is 13.3. The molecule has 1 amide bonds. The van der Waals surface area contributed by atoms with E-state index in [1.807, 2.05) is 26.0 Å². The summed E-state index contributed by atoms with van der Waals surface area (Å²) in [5.74, 6) is 1.15. The number of amides is 1. The second-order valence-corrected chi connectivity index (χ2v) is 6.14. The summed E-state index contributed by atoms with van der Waals surface area (Å²) >= 11 is 8.71. The number of halogens is 1. The molecule has 1 heterocycles. The number of carbonyl (C=O) groups excluding carboxylic acids is 1. The Balaban J connectivity index is 2.37. The van der Waals surface area contributed by atoms with Gasteiger partial charge >= 0.3 is 0 Å². The lowest BCUT2D eigenvalue weighted by atomic mass is 10.1. The fraction of sp³-hybridized carbons (Fsp3) is 0.375. The lowest BCUT2D eigenvalue weighted by Gasteiger charge is -2.12. The van der Waals surface area contributed by atoms with Crippen molar-refractivity contribution in [2.75, 3.05) is 20.3 Å². The van der Waals surface area contributed by atoms with E-state index < -0.39 is 0 Å². The number of nitrogens with one attached hydrogen (secondary N) is 1. The first-order chi connectivity index (χ1) is 11.0. The van der Waals surface area contributed by atoms with E-state index in [2.05, 4.69) is 21.2 Å². The van der Waals surface area contributed by atoms with Crippen LogP contribution in [0.2, 0.25) is 0 Å². The highest BCUT2D eigenvalue weighted by molar-refractivity contribution is 9.10. The molecule has 1 aliphatic rings. The van der Waals surface area contributed by atoms with Gasteiger partial charge in [-0.1, -0.05) is 22.9 Å². The minimum absolute atomic E-state index is 0.113. The van der Waals surface area contributed by atoms with Crippen LogP contribution in [0, 0.1) is 0 Å². The topological polar surface area (TPSA) is 50.8 Å². The van der Waals surface area contributed by atoms with Gasteiger partial charge in [0.25, 0.3) is 5.91 Å². The van der Waals surface area contributed by atoms with E-state index in [9.17, 15) is 4.79 Å². The predicted octanol–water partition coefficient (Wildman–Crippen LogP) is 3.32. The van der Waals surface area contributed by atoms with Gasteiger partial charge in [0.15, 0.2) is 16.6 Å². The summed E-state index contributed by atoms with van der Waals surface area (Å²) in [7, 11) is 1.59. The summed E-state index contributed by atoms with van der Waals surface area (Å²) in [6, 6.07) is 3.65. The van der Waals surface area contributed by atoms with Crippen molar-refractivity contribution in [2.45, 2.75) is 20.3 Å². The van der Waals surface area contributed by atoms with Gasteiger partial charge in [0.1, 0.15) is 5.70 Å².